The van der Waals surface area contributed by atoms with E-state index in [4.69, 9.17) is 9.47 Å². The van der Waals surface area contributed by atoms with Crippen LogP contribution in [0.5, 0.6) is 11.5 Å². The molecule has 1 aromatic carbocycles. The maximum Gasteiger partial charge on any atom is 0.163 e. The van der Waals surface area contributed by atoms with Crippen LogP contribution < -0.4 is 9.47 Å². The van der Waals surface area contributed by atoms with E-state index in [1.807, 2.05) is 24.3 Å². The van der Waals surface area contributed by atoms with Gasteiger partial charge in [-0.25, -0.2) is 0 Å². The summed E-state index contributed by atoms with van der Waals surface area (Å²) in [4.78, 5) is 16.3. The maximum absolute atomic E-state index is 12.3. The third-order valence-corrected chi connectivity index (χ3v) is 3.46. The van der Waals surface area contributed by atoms with E-state index in [1.165, 1.54) is 0 Å². The molecule has 108 valence electrons. The number of fused-ring (bicyclic) bond motifs is 1. The van der Waals surface area contributed by atoms with Crippen LogP contribution in [0, 0.1) is 0 Å². The summed E-state index contributed by atoms with van der Waals surface area (Å²) in [5.74, 6) is 1.50. The molecule has 0 amide bonds. The first-order valence-corrected chi connectivity index (χ1v) is 7.15. The van der Waals surface area contributed by atoms with Gasteiger partial charge in [-0.3, -0.25) is 9.78 Å². The van der Waals surface area contributed by atoms with Crippen molar-refractivity contribution in [3.8, 4) is 11.5 Å². The molecular weight excluding hydrogens is 266 g/mol. The molecule has 2 aromatic rings. The van der Waals surface area contributed by atoms with Crippen molar-refractivity contribution in [3.05, 3.63) is 53.9 Å². The number of pyridine rings is 1. The summed E-state index contributed by atoms with van der Waals surface area (Å²) in [6, 6.07) is 9.28. The molecule has 1 aliphatic rings. The number of ketones is 1. The van der Waals surface area contributed by atoms with E-state index in [0.29, 0.717) is 30.9 Å². The number of Topliss-reactive ketones (excluding diaryl/α,β-unsaturated/α-hetero) is 1. The number of carbonyl (C=O) groups excluding carboxylic acids is 1. The molecule has 0 unspecified atom stereocenters. The van der Waals surface area contributed by atoms with Gasteiger partial charge >= 0.3 is 0 Å². The molecule has 0 atom stereocenters. The van der Waals surface area contributed by atoms with Crippen LogP contribution in [-0.4, -0.2) is 24.0 Å². The number of aromatic nitrogens is 1. The normalized spacial score (nSPS) is 13.5. The molecular formula is C17H17NO3. The molecule has 1 aliphatic heterocycles. The number of hydrogen-bond donors (Lipinski definition) is 0. The molecule has 0 saturated carbocycles. The van der Waals surface area contributed by atoms with Crippen LogP contribution in [0.4, 0.5) is 0 Å². The van der Waals surface area contributed by atoms with Crippen LogP contribution in [0.3, 0.4) is 0 Å². The smallest absolute Gasteiger partial charge is 0.163 e. The third kappa shape index (κ3) is 3.40. The van der Waals surface area contributed by atoms with Gasteiger partial charge in [0.15, 0.2) is 17.3 Å². The topological polar surface area (TPSA) is 48.4 Å². The van der Waals surface area contributed by atoms with E-state index in [-0.39, 0.29) is 5.78 Å². The van der Waals surface area contributed by atoms with E-state index in [1.54, 1.807) is 18.5 Å². The SMILES string of the molecule is O=C(CCc1ccncc1)c1ccc2c(c1)OCCCO2. The van der Waals surface area contributed by atoms with Gasteiger partial charge in [0.1, 0.15) is 0 Å². The number of ether oxygens (including phenoxy) is 2. The summed E-state index contributed by atoms with van der Waals surface area (Å²) in [5.41, 5.74) is 1.79. The Morgan fingerprint density at radius 2 is 1.81 bits per heavy atom. The standard InChI is InChI=1S/C17H17NO3/c19-15(4-2-13-6-8-18-9-7-13)14-3-5-16-17(12-14)21-11-1-10-20-16/h3,5-9,12H,1-2,4,10-11H2. The number of hydrogen-bond acceptors (Lipinski definition) is 4. The Kier molecular flexibility index (Phi) is 4.15. The maximum atomic E-state index is 12.3. The van der Waals surface area contributed by atoms with Crippen molar-refractivity contribution >= 4 is 5.78 Å². The summed E-state index contributed by atoms with van der Waals surface area (Å²) in [6.07, 6.45) is 5.54. The molecule has 0 saturated heterocycles. The third-order valence-electron chi connectivity index (χ3n) is 3.46. The van der Waals surface area contributed by atoms with Crippen molar-refractivity contribution in [3.63, 3.8) is 0 Å². The van der Waals surface area contributed by atoms with Gasteiger partial charge in [-0.15, -0.1) is 0 Å². The van der Waals surface area contributed by atoms with Crippen molar-refractivity contribution in [2.45, 2.75) is 19.3 Å². The van der Waals surface area contributed by atoms with Gasteiger partial charge in [0.05, 0.1) is 13.2 Å². The van der Waals surface area contributed by atoms with Crippen LogP contribution in [0.1, 0.15) is 28.8 Å². The Hall–Kier alpha value is -2.36. The number of benzene rings is 1. The average molecular weight is 283 g/mol. The summed E-state index contributed by atoms with van der Waals surface area (Å²) >= 11 is 0. The van der Waals surface area contributed by atoms with E-state index >= 15 is 0 Å². The molecule has 0 aliphatic carbocycles. The highest BCUT2D eigenvalue weighted by molar-refractivity contribution is 5.96. The Balaban J connectivity index is 1.68. The fourth-order valence-electron chi connectivity index (χ4n) is 2.29. The van der Waals surface area contributed by atoms with Gasteiger partial charge in [0.2, 0.25) is 0 Å². The van der Waals surface area contributed by atoms with Crippen molar-refractivity contribution in [2.24, 2.45) is 0 Å². The summed E-state index contributed by atoms with van der Waals surface area (Å²) < 4.78 is 11.2. The lowest BCUT2D eigenvalue weighted by Crippen LogP contribution is -2.02. The van der Waals surface area contributed by atoms with Crippen molar-refractivity contribution < 1.29 is 14.3 Å². The van der Waals surface area contributed by atoms with Gasteiger partial charge < -0.3 is 9.47 Å². The predicted octanol–water partition coefficient (Wildman–Crippen LogP) is 3.06. The van der Waals surface area contributed by atoms with E-state index in [0.717, 1.165) is 24.2 Å². The highest BCUT2D eigenvalue weighted by Crippen LogP contribution is 2.30. The second-order valence-electron chi connectivity index (χ2n) is 4.99. The lowest BCUT2D eigenvalue weighted by Gasteiger charge is -2.09. The van der Waals surface area contributed by atoms with Gasteiger partial charge in [-0.05, 0) is 42.3 Å². The lowest BCUT2D eigenvalue weighted by atomic mass is 10.0. The molecule has 4 heteroatoms. The van der Waals surface area contributed by atoms with Gasteiger partial charge in [0.25, 0.3) is 0 Å². The van der Waals surface area contributed by atoms with Crippen LogP contribution in [0.15, 0.2) is 42.7 Å². The quantitative estimate of drug-likeness (QED) is 0.809. The fraction of sp³-hybridized carbons (Fsp3) is 0.294. The number of nitrogens with zero attached hydrogens (tertiary/aromatic N) is 1. The van der Waals surface area contributed by atoms with Crippen molar-refractivity contribution in [1.82, 2.24) is 4.98 Å². The Morgan fingerprint density at radius 1 is 1.05 bits per heavy atom. The highest BCUT2D eigenvalue weighted by atomic mass is 16.5. The minimum absolute atomic E-state index is 0.113. The average Bonchev–Trinajstić information content (AvgIpc) is 2.78. The lowest BCUT2D eigenvalue weighted by molar-refractivity contribution is 0.0982. The molecule has 0 spiro atoms. The number of rotatable bonds is 4. The van der Waals surface area contributed by atoms with Crippen LogP contribution in [-0.2, 0) is 6.42 Å². The molecule has 0 radical (unpaired) electrons. The Labute approximate surface area is 123 Å². The second kappa shape index (κ2) is 6.39. The molecule has 1 aromatic heterocycles. The largest absolute Gasteiger partial charge is 0.490 e. The molecule has 2 heterocycles. The van der Waals surface area contributed by atoms with E-state index < -0.39 is 0 Å². The number of aryl methyl sites for hydroxylation is 1. The van der Waals surface area contributed by atoms with Gasteiger partial charge in [-0.1, -0.05) is 0 Å². The minimum atomic E-state index is 0.113. The number of carbonyl (C=O) groups is 1. The molecule has 3 rings (SSSR count). The first kappa shape index (κ1) is 13.6. The summed E-state index contributed by atoms with van der Waals surface area (Å²) in [7, 11) is 0. The molecule has 0 bridgehead atoms. The van der Waals surface area contributed by atoms with Crippen LogP contribution in [0.2, 0.25) is 0 Å². The zero-order valence-corrected chi connectivity index (χ0v) is 11.7. The molecule has 4 nitrogen and oxygen atoms in total. The first-order chi connectivity index (χ1) is 10.3. The Morgan fingerprint density at radius 3 is 2.62 bits per heavy atom. The summed E-state index contributed by atoms with van der Waals surface area (Å²) in [5, 5.41) is 0. The van der Waals surface area contributed by atoms with Crippen molar-refractivity contribution in [2.75, 3.05) is 13.2 Å². The molecule has 0 fully saturated rings. The second-order valence-corrected chi connectivity index (χ2v) is 4.99. The zero-order valence-electron chi connectivity index (χ0n) is 11.7. The van der Waals surface area contributed by atoms with Crippen molar-refractivity contribution in [1.29, 1.82) is 0 Å². The highest BCUT2D eigenvalue weighted by Gasteiger charge is 2.14. The summed E-state index contributed by atoms with van der Waals surface area (Å²) in [6.45, 7) is 1.28. The molecule has 0 N–H and O–H groups in total. The minimum Gasteiger partial charge on any atom is -0.490 e. The van der Waals surface area contributed by atoms with Gasteiger partial charge in [-0.2, -0.15) is 0 Å². The van der Waals surface area contributed by atoms with E-state index in [2.05, 4.69) is 4.98 Å². The Bertz CT molecular complexity index is 625. The predicted molar refractivity (Wildman–Crippen MR) is 78.9 cm³/mol. The van der Waals surface area contributed by atoms with Crippen LogP contribution in [0.25, 0.3) is 0 Å². The molecule has 21 heavy (non-hydrogen) atoms. The monoisotopic (exact) mass is 283 g/mol. The van der Waals surface area contributed by atoms with E-state index in [9.17, 15) is 4.79 Å². The zero-order chi connectivity index (χ0) is 14.5. The fourth-order valence-corrected chi connectivity index (χ4v) is 2.29. The van der Waals surface area contributed by atoms with Crippen LogP contribution >= 0.6 is 0 Å². The first-order valence-electron chi connectivity index (χ1n) is 7.15. The van der Waals surface area contributed by atoms with Gasteiger partial charge in [0, 0.05) is 30.8 Å².